The van der Waals surface area contributed by atoms with Gasteiger partial charge in [0.1, 0.15) is 6.54 Å². The minimum atomic E-state index is -3.91. The second kappa shape index (κ2) is 10.7. The summed E-state index contributed by atoms with van der Waals surface area (Å²) in [7, 11) is -3.91. The van der Waals surface area contributed by atoms with Crippen LogP contribution in [0.1, 0.15) is 24.0 Å². The summed E-state index contributed by atoms with van der Waals surface area (Å²) in [6, 6.07) is 23.7. The van der Waals surface area contributed by atoms with Crippen LogP contribution in [0.3, 0.4) is 0 Å². The molecule has 0 unspecified atom stereocenters. The summed E-state index contributed by atoms with van der Waals surface area (Å²) in [6.07, 6.45) is 1.93. The van der Waals surface area contributed by atoms with E-state index in [1.54, 1.807) is 48.2 Å². The maximum Gasteiger partial charge on any atom is 0.264 e. The first-order valence-electron chi connectivity index (χ1n) is 10.4. The fourth-order valence-corrected chi connectivity index (χ4v) is 5.08. The predicted octanol–water partition coefficient (Wildman–Crippen LogP) is 4.83. The van der Waals surface area contributed by atoms with Crippen molar-refractivity contribution in [3.05, 3.63) is 90.0 Å². The molecule has 1 amide bonds. The molecule has 0 aliphatic rings. The molecule has 1 N–H and O–H groups in total. The van der Waals surface area contributed by atoms with Gasteiger partial charge in [0.2, 0.25) is 5.91 Å². The Hall–Kier alpha value is -2.77. The fourth-order valence-electron chi connectivity index (χ4n) is 3.25. The lowest BCUT2D eigenvalue weighted by Gasteiger charge is -2.25. The number of carbonyl (C=O) groups excluding carboxylic acids is 1. The average molecular weight is 469 g/mol. The SMILES string of the molecule is CSc1ccc(S(=O)(=O)N(CC(=O)NC[C@@H](C)c2ccccc2)c2ccc(C)cc2)cc1. The highest BCUT2D eigenvalue weighted by Gasteiger charge is 2.27. The standard InChI is InChI=1S/C25H28N2O3S2/c1-19-9-11-22(12-10-19)27(32(29,30)24-15-13-23(31-3)14-16-24)18-25(28)26-17-20(2)21-7-5-4-6-8-21/h4-16,20H,17-18H2,1-3H3,(H,26,28)/t20-/m1/s1. The largest absolute Gasteiger partial charge is 0.354 e. The third kappa shape index (κ3) is 5.93. The number of benzene rings is 3. The van der Waals surface area contributed by atoms with Crippen LogP contribution in [0.4, 0.5) is 5.69 Å². The number of rotatable bonds is 9. The molecular weight excluding hydrogens is 440 g/mol. The number of carbonyl (C=O) groups is 1. The molecule has 0 fully saturated rings. The number of nitrogens with zero attached hydrogens (tertiary/aromatic N) is 1. The van der Waals surface area contributed by atoms with Gasteiger partial charge in [-0.2, -0.15) is 0 Å². The van der Waals surface area contributed by atoms with Gasteiger partial charge in [0.05, 0.1) is 10.6 Å². The molecule has 0 heterocycles. The first kappa shape index (κ1) is 23.9. The Morgan fingerprint density at radius 2 is 1.59 bits per heavy atom. The van der Waals surface area contributed by atoms with Crippen LogP contribution in [-0.2, 0) is 14.8 Å². The van der Waals surface area contributed by atoms with Crippen molar-refractivity contribution in [3.63, 3.8) is 0 Å². The number of hydrogen-bond donors (Lipinski definition) is 1. The smallest absolute Gasteiger partial charge is 0.264 e. The zero-order valence-corrected chi connectivity index (χ0v) is 20.1. The molecule has 3 aromatic rings. The number of thioether (sulfide) groups is 1. The van der Waals surface area contributed by atoms with Crippen molar-refractivity contribution < 1.29 is 13.2 Å². The highest BCUT2D eigenvalue weighted by molar-refractivity contribution is 7.98. The Balaban J connectivity index is 1.81. The highest BCUT2D eigenvalue weighted by atomic mass is 32.2. The van der Waals surface area contributed by atoms with Crippen molar-refractivity contribution in [2.24, 2.45) is 0 Å². The molecule has 0 aliphatic heterocycles. The molecule has 0 radical (unpaired) electrons. The van der Waals surface area contributed by atoms with Crippen LogP contribution in [0.15, 0.2) is 88.7 Å². The Morgan fingerprint density at radius 3 is 2.19 bits per heavy atom. The monoisotopic (exact) mass is 468 g/mol. The molecule has 32 heavy (non-hydrogen) atoms. The number of sulfonamides is 1. The van der Waals surface area contributed by atoms with E-state index in [9.17, 15) is 13.2 Å². The zero-order valence-electron chi connectivity index (χ0n) is 18.5. The molecule has 0 saturated carbocycles. The maximum absolute atomic E-state index is 13.5. The first-order valence-corrected chi connectivity index (χ1v) is 13.0. The van der Waals surface area contributed by atoms with E-state index in [1.807, 2.05) is 62.6 Å². The highest BCUT2D eigenvalue weighted by Crippen LogP contribution is 2.25. The summed E-state index contributed by atoms with van der Waals surface area (Å²) in [6.45, 7) is 4.09. The molecule has 3 aromatic carbocycles. The molecule has 168 valence electrons. The number of anilines is 1. The van der Waals surface area contributed by atoms with Gasteiger partial charge >= 0.3 is 0 Å². The van der Waals surface area contributed by atoms with Crippen LogP contribution >= 0.6 is 11.8 Å². The Kier molecular flexibility index (Phi) is 7.99. The summed E-state index contributed by atoms with van der Waals surface area (Å²) in [5.41, 5.74) is 2.58. The summed E-state index contributed by atoms with van der Waals surface area (Å²) in [4.78, 5) is 13.9. The maximum atomic E-state index is 13.5. The summed E-state index contributed by atoms with van der Waals surface area (Å²) in [5.74, 6) is -0.235. The van der Waals surface area contributed by atoms with Gasteiger partial charge in [0, 0.05) is 11.4 Å². The van der Waals surface area contributed by atoms with Crippen molar-refractivity contribution in [3.8, 4) is 0 Å². The Labute approximate surface area is 194 Å². The van der Waals surface area contributed by atoms with Crippen LogP contribution in [-0.4, -0.2) is 33.7 Å². The average Bonchev–Trinajstić information content (AvgIpc) is 2.82. The minimum absolute atomic E-state index is 0.115. The Morgan fingerprint density at radius 1 is 0.969 bits per heavy atom. The molecule has 0 bridgehead atoms. The van der Waals surface area contributed by atoms with E-state index in [2.05, 4.69) is 5.32 Å². The van der Waals surface area contributed by atoms with E-state index in [-0.39, 0.29) is 23.3 Å². The molecular formula is C25H28N2O3S2. The lowest BCUT2D eigenvalue weighted by atomic mass is 10.0. The van der Waals surface area contributed by atoms with Gasteiger partial charge in [-0.1, -0.05) is 55.0 Å². The van der Waals surface area contributed by atoms with Crippen LogP contribution in [0.2, 0.25) is 0 Å². The van der Waals surface area contributed by atoms with Crippen molar-refractivity contribution in [2.45, 2.75) is 29.6 Å². The van der Waals surface area contributed by atoms with Gasteiger partial charge in [-0.15, -0.1) is 11.8 Å². The van der Waals surface area contributed by atoms with Crippen LogP contribution < -0.4 is 9.62 Å². The van der Waals surface area contributed by atoms with Gasteiger partial charge < -0.3 is 5.32 Å². The topological polar surface area (TPSA) is 66.5 Å². The third-order valence-electron chi connectivity index (χ3n) is 5.23. The van der Waals surface area contributed by atoms with Crippen molar-refractivity contribution in [1.29, 1.82) is 0 Å². The lowest BCUT2D eigenvalue weighted by molar-refractivity contribution is -0.119. The number of hydrogen-bond acceptors (Lipinski definition) is 4. The van der Waals surface area contributed by atoms with E-state index in [0.29, 0.717) is 12.2 Å². The van der Waals surface area contributed by atoms with E-state index < -0.39 is 10.0 Å². The van der Waals surface area contributed by atoms with Gasteiger partial charge in [-0.05, 0) is 61.1 Å². The van der Waals surface area contributed by atoms with Crippen LogP contribution in [0.25, 0.3) is 0 Å². The number of amides is 1. The molecule has 0 aliphatic carbocycles. The van der Waals surface area contributed by atoms with Gasteiger partial charge in [-0.25, -0.2) is 8.42 Å². The van der Waals surface area contributed by atoms with E-state index in [0.717, 1.165) is 16.0 Å². The zero-order chi connectivity index (χ0) is 23.1. The second-order valence-electron chi connectivity index (χ2n) is 7.64. The third-order valence-corrected chi connectivity index (χ3v) is 7.76. The fraction of sp³-hybridized carbons (Fsp3) is 0.240. The molecule has 0 aromatic heterocycles. The Bertz CT molecular complexity index is 1130. The molecule has 3 rings (SSSR count). The van der Waals surface area contributed by atoms with Crippen LogP contribution in [0, 0.1) is 6.92 Å². The van der Waals surface area contributed by atoms with E-state index >= 15 is 0 Å². The van der Waals surface area contributed by atoms with Gasteiger partial charge in [0.25, 0.3) is 10.0 Å². The van der Waals surface area contributed by atoms with E-state index in [4.69, 9.17) is 0 Å². The quantitative estimate of drug-likeness (QED) is 0.457. The number of nitrogens with one attached hydrogen (secondary N) is 1. The molecule has 7 heteroatoms. The van der Waals surface area contributed by atoms with E-state index in [1.165, 1.54) is 4.31 Å². The molecule has 0 spiro atoms. The van der Waals surface area contributed by atoms with Crippen molar-refractivity contribution >= 4 is 33.4 Å². The molecule has 5 nitrogen and oxygen atoms in total. The second-order valence-corrected chi connectivity index (χ2v) is 10.4. The lowest BCUT2D eigenvalue weighted by Crippen LogP contribution is -2.41. The summed E-state index contributed by atoms with van der Waals surface area (Å²) >= 11 is 1.54. The van der Waals surface area contributed by atoms with Gasteiger partial charge in [-0.3, -0.25) is 9.10 Å². The minimum Gasteiger partial charge on any atom is -0.354 e. The van der Waals surface area contributed by atoms with Crippen molar-refractivity contribution in [2.75, 3.05) is 23.7 Å². The first-order chi connectivity index (χ1) is 15.3. The predicted molar refractivity (Wildman–Crippen MR) is 132 cm³/mol. The van der Waals surface area contributed by atoms with Crippen LogP contribution in [0.5, 0.6) is 0 Å². The molecule has 1 atom stereocenters. The number of aryl methyl sites for hydroxylation is 1. The van der Waals surface area contributed by atoms with Crippen molar-refractivity contribution in [1.82, 2.24) is 5.32 Å². The summed E-state index contributed by atoms with van der Waals surface area (Å²) < 4.78 is 28.1. The summed E-state index contributed by atoms with van der Waals surface area (Å²) in [5, 5.41) is 2.89. The van der Waals surface area contributed by atoms with Gasteiger partial charge in [0.15, 0.2) is 0 Å². The molecule has 0 saturated heterocycles. The normalized spacial score (nSPS) is 12.2.